The van der Waals surface area contributed by atoms with Gasteiger partial charge < -0.3 is 10.4 Å². The van der Waals surface area contributed by atoms with Crippen molar-refractivity contribution < 1.29 is 27.1 Å². The van der Waals surface area contributed by atoms with E-state index in [-0.39, 0.29) is 16.9 Å². The summed E-state index contributed by atoms with van der Waals surface area (Å²) in [7, 11) is -4.71. The number of hydrogen-bond donors (Lipinski definition) is 2. The van der Waals surface area contributed by atoms with Crippen LogP contribution in [-0.4, -0.2) is 25.3 Å². The van der Waals surface area contributed by atoms with Crippen LogP contribution < -0.4 is 5.32 Å². The minimum atomic E-state index is -4.71. The maximum atomic E-state index is 12.5. The van der Waals surface area contributed by atoms with Gasteiger partial charge in [0.1, 0.15) is 0 Å². The lowest BCUT2D eigenvalue weighted by atomic mass is 10.1. The van der Waals surface area contributed by atoms with Crippen LogP contribution in [0.2, 0.25) is 0 Å². The Kier molecular flexibility index (Phi) is 4.41. The van der Waals surface area contributed by atoms with Gasteiger partial charge in [-0.3, -0.25) is 0 Å². The van der Waals surface area contributed by atoms with Crippen LogP contribution in [0.1, 0.15) is 10.4 Å². The van der Waals surface area contributed by atoms with Gasteiger partial charge in [-0.05, 0) is 30.3 Å². The quantitative estimate of drug-likeness (QED) is 0.881. The van der Waals surface area contributed by atoms with Crippen molar-refractivity contribution in [3.63, 3.8) is 0 Å². The van der Waals surface area contributed by atoms with E-state index in [0.717, 1.165) is 12.1 Å². The molecule has 0 fully saturated rings. The van der Waals surface area contributed by atoms with E-state index in [0.29, 0.717) is 0 Å². The van der Waals surface area contributed by atoms with Crippen LogP contribution in [0.5, 0.6) is 0 Å². The molecule has 0 aliphatic rings. The topological polar surface area (TPSA) is 83.5 Å². The van der Waals surface area contributed by atoms with E-state index in [4.69, 9.17) is 5.11 Å². The molecule has 0 heterocycles. The SMILES string of the molecule is O=C(O)c1ccccc1Nc1cccc(S(=O)(=O)C(F)F)c1. The van der Waals surface area contributed by atoms with Crippen LogP contribution in [-0.2, 0) is 9.84 Å². The largest absolute Gasteiger partial charge is 0.478 e. The van der Waals surface area contributed by atoms with Crippen molar-refractivity contribution in [2.45, 2.75) is 10.7 Å². The summed E-state index contributed by atoms with van der Waals surface area (Å²) in [4.78, 5) is 10.6. The Morgan fingerprint density at radius 1 is 1.09 bits per heavy atom. The molecule has 2 N–H and O–H groups in total. The van der Waals surface area contributed by atoms with Crippen molar-refractivity contribution >= 4 is 27.2 Å². The average molecular weight is 327 g/mol. The normalized spacial score (nSPS) is 11.4. The third-order valence-electron chi connectivity index (χ3n) is 2.83. The standard InChI is InChI=1S/C14H11F2NO4S/c15-14(16)22(20,21)10-5-3-4-9(8-10)17-12-7-2-1-6-11(12)13(18)19/h1-8,14,17H,(H,18,19). The first-order valence-corrected chi connectivity index (χ1v) is 7.58. The van der Waals surface area contributed by atoms with Crippen LogP contribution in [0, 0.1) is 0 Å². The summed E-state index contributed by atoms with van der Waals surface area (Å²) < 4.78 is 48.0. The maximum absolute atomic E-state index is 12.5. The van der Waals surface area contributed by atoms with E-state index in [2.05, 4.69) is 5.32 Å². The van der Waals surface area contributed by atoms with Gasteiger partial charge in [-0.15, -0.1) is 0 Å². The highest BCUT2D eigenvalue weighted by Crippen LogP contribution is 2.25. The number of benzene rings is 2. The number of rotatable bonds is 5. The van der Waals surface area contributed by atoms with Crippen LogP contribution in [0.25, 0.3) is 0 Å². The monoisotopic (exact) mass is 327 g/mol. The number of alkyl halides is 2. The number of anilines is 2. The molecular formula is C14H11F2NO4S. The number of hydrogen-bond acceptors (Lipinski definition) is 4. The van der Waals surface area contributed by atoms with Gasteiger partial charge in [-0.2, -0.15) is 8.78 Å². The van der Waals surface area contributed by atoms with Gasteiger partial charge in [-0.1, -0.05) is 18.2 Å². The summed E-state index contributed by atoms with van der Waals surface area (Å²) in [6, 6.07) is 10.8. The van der Waals surface area contributed by atoms with Crippen molar-refractivity contribution in [2.75, 3.05) is 5.32 Å². The number of carboxylic acids is 1. The summed E-state index contributed by atoms with van der Waals surface area (Å²) in [6.45, 7) is 0. The molecule has 2 aromatic rings. The van der Waals surface area contributed by atoms with Gasteiger partial charge in [0.2, 0.25) is 9.84 Å². The van der Waals surface area contributed by atoms with E-state index in [1.165, 1.54) is 30.3 Å². The number of para-hydroxylation sites is 1. The predicted molar refractivity (Wildman–Crippen MR) is 76.3 cm³/mol. The minimum absolute atomic E-state index is 0.0235. The fourth-order valence-corrected chi connectivity index (χ4v) is 2.55. The van der Waals surface area contributed by atoms with Gasteiger partial charge >= 0.3 is 11.7 Å². The lowest BCUT2D eigenvalue weighted by Crippen LogP contribution is -2.11. The van der Waals surface area contributed by atoms with Gasteiger partial charge in [0.15, 0.2) is 0 Å². The van der Waals surface area contributed by atoms with Crippen molar-refractivity contribution in [2.24, 2.45) is 0 Å². The molecule has 2 rings (SSSR count). The molecule has 0 aliphatic carbocycles. The molecule has 2 aromatic carbocycles. The highest BCUT2D eigenvalue weighted by atomic mass is 32.2. The van der Waals surface area contributed by atoms with E-state index in [1.54, 1.807) is 6.07 Å². The zero-order chi connectivity index (χ0) is 16.3. The first kappa shape index (κ1) is 15.9. The Hall–Kier alpha value is -2.48. The van der Waals surface area contributed by atoms with Crippen LogP contribution in [0.4, 0.5) is 20.2 Å². The number of carbonyl (C=O) groups is 1. The van der Waals surface area contributed by atoms with Crippen LogP contribution in [0.3, 0.4) is 0 Å². The Balaban J connectivity index is 2.39. The fourth-order valence-electron chi connectivity index (χ4n) is 1.79. The van der Waals surface area contributed by atoms with Gasteiger partial charge in [-0.25, -0.2) is 13.2 Å². The average Bonchev–Trinajstić information content (AvgIpc) is 2.47. The third kappa shape index (κ3) is 3.22. The molecule has 0 spiro atoms. The fraction of sp³-hybridized carbons (Fsp3) is 0.0714. The molecule has 0 unspecified atom stereocenters. The summed E-state index contributed by atoms with van der Waals surface area (Å²) >= 11 is 0. The number of aromatic carboxylic acids is 1. The van der Waals surface area contributed by atoms with E-state index < -0.39 is 26.5 Å². The van der Waals surface area contributed by atoms with Gasteiger partial charge in [0.05, 0.1) is 16.1 Å². The molecular weight excluding hydrogens is 316 g/mol. The molecule has 0 saturated carbocycles. The number of nitrogens with one attached hydrogen (secondary N) is 1. The van der Waals surface area contributed by atoms with Crippen molar-refractivity contribution in [1.82, 2.24) is 0 Å². The van der Waals surface area contributed by atoms with Crippen molar-refractivity contribution in [1.29, 1.82) is 0 Å². The van der Waals surface area contributed by atoms with Crippen molar-refractivity contribution in [3.05, 3.63) is 54.1 Å². The van der Waals surface area contributed by atoms with Gasteiger partial charge in [0.25, 0.3) is 0 Å². The summed E-state index contributed by atoms with van der Waals surface area (Å²) in [6.07, 6.45) is 0. The van der Waals surface area contributed by atoms with E-state index in [9.17, 15) is 22.0 Å². The molecule has 116 valence electrons. The second kappa shape index (κ2) is 6.10. The molecule has 8 heteroatoms. The van der Waals surface area contributed by atoms with Crippen LogP contribution >= 0.6 is 0 Å². The first-order valence-electron chi connectivity index (χ1n) is 6.04. The second-order valence-corrected chi connectivity index (χ2v) is 6.23. The molecule has 0 radical (unpaired) electrons. The molecule has 0 atom stereocenters. The number of sulfone groups is 1. The molecule has 5 nitrogen and oxygen atoms in total. The lowest BCUT2D eigenvalue weighted by Gasteiger charge is -2.11. The van der Waals surface area contributed by atoms with Crippen molar-refractivity contribution in [3.8, 4) is 0 Å². The summed E-state index contributed by atoms with van der Waals surface area (Å²) in [5.41, 5.74) is 0.390. The highest BCUT2D eigenvalue weighted by molar-refractivity contribution is 7.91. The molecule has 0 saturated heterocycles. The molecule has 22 heavy (non-hydrogen) atoms. The summed E-state index contributed by atoms with van der Waals surface area (Å²) in [5.74, 6) is -4.69. The van der Waals surface area contributed by atoms with Crippen LogP contribution in [0.15, 0.2) is 53.4 Å². The minimum Gasteiger partial charge on any atom is -0.478 e. The Morgan fingerprint density at radius 3 is 2.41 bits per heavy atom. The smallest absolute Gasteiger partial charge is 0.341 e. The maximum Gasteiger partial charge on any atom is 0.341 e. The zero-order valence-electron chi connectivity index (χ0n) is 11.0. The third-order valence-corrected chi connectivity index (χ3v) is 4.21. The lowest BCUT2D eigenvalue weighted by molar-refractivity contribution is 0.0698. The summed E-state index contributed by atoms with van der Waals surface area (Å²) in [5, 5.41) is 11.8. The first-order chi connectivity index (χ1) is 10.3. The van der Waals surface area contributed by atoms with E-state index >= 15 is 0 Å². The van der Waals surface area contributed by atoms with Gasteiger partial charge in [0, 0.05) is 5.69 Å². The molecule has 0 aromatic heterocycles. The van der Waals surface area contributed by atoms with E-state index in [1.807, 2.05) is 0 Å². The molecule has 0 amide bonds. The second-order valence-electron chi connectivity index (χ2n) is 4.31. The molecule has 0 bridgehead atoms. The predicted octanol–water partition coefficient (Wildman–Crippen LogP) is 3.12. The zero-order valence-corrected chi connectivity index (χ0v) is 11.8. The molecule has 0 aliphatic heterocycles. The Labute approximate surface area is 125 Å². The highest BCUT2D eigenvalue weighted by Gasteiger charge is 2.26. The number of halogens is 2. The Bertz CT molecular complexity index is 806. The number of carboxylic acid groups (broad SMARTS) is 1. The Morgan fingerprint density at radius 2 is 1.77 bits per heavy atom.